The first-order valence-corrected chi connectivity index (χ1v) is 7.12. The second-order valence-electron chi connectivity index (χ2n) is 5.03. The second-order valence-corrected chi connectivity index (χ2v) is 6.44. The molecule has 0 amide bonds. The summed E-state index contributed by atoms with van der Waals surface area (Å²) >= 11 is 6.98. The number of thiazole rings is 1. The molecule has 0 radical (unpaired) electrons. The fourth-order valence-corrected chi connectivity index (χ4v) is 3.17. The number of nitrogens with one attached hydrogen (secondary N) is 2. The van der Waals surface area contributed by atoms with Crippen molar-refractivity contribution >= 4 is 45.4 Å². The molecule has 1 aromatic heterocycles. The summed E-state index contributed by atoms with van der Waals surface area (Å²) in [7, 11) is 0. The number of ketones is 1. The molecule has 0 saturated carbocycles. The molecular formula is C13H11ClFN3OS. The first-order valence-electron chi connectivity index (χ1n) is 5.93. The summed E-state index contributed by atoms with van der Waals surface area (Å²) in [5.41, 5.74) is 0.0156. The maximum absolute atomic E-state index is 13.1. The zero-order valence-corrected chi connectivity index (χ0v) is 12.3. The number of rotatable bonds is 2. The fourth-order valence-electron chi connectivity index (χ4n) is 1.95. The van der Waals surface area contributed by atoms with Crippen molar-refractivity contribution in [2.24, 2.45) is 0 Å². The van der Waals surface area contributed by atoms with E-state index >= 15 is 0 Å². The van der Waals surface area contributed by atoms with Gasteiger partial charge in [-0.1, -0.05) is 22.9 Å². The summed E-state index contributed by atoms with van der Waals surface area (Å²) < 4.78 is 13.1. The van der Waals surface area contributed by atoms with Gasteiger partial charge < -0.3 is 10.6 Å². The lowest BCUT2D eigenvalue weighted by atomic mass is 10.0. The van der Waals surface area contributed by atoms with E-state index in [-0.39, 0.29) is 10.8 Å². The first-order chi connectivity index (χ1) is 9.37. The third-order valence-corrected chi connectivity index (χ3v) is 4.26. The number of hydrogen-bond acceptors (Lipinski definition) is 5. The SMILES string of the molecule is CC1(C)Nc2nc(Nc3ccc(F)c(Cl)c3)sc2C1=O. The van der Waals surface area contributed by atoms with E-state index in [2.05, 4.69) is 15.6 Å². The highest BCUT2D eigenvalue weighted by Gasteiger charge is 2.40. The van der Waals surface area contributed by atoms with E-state index in [1.54, 1.807) is 6.07 Å². The molecule has 4 nitrogen and oxygen atoms in total. The standard InChI is InChI=1S/C13H11ClFN3OS/c1-13(2)10(19)9-11(18-13)17-12(20-9)16-6-3-4-8(15)7(14)5-6/h3-5,18H,1-2H3,(H,16,17). The van der Waals surface area contributed by atoms with Gasteiger partial charge in [-0.25, -0.2) is 9.37 Å². The van der Waals surface area contributed by atoms with Gasteiger partial charge in [0.25, 0.3) is 0 Å². The number of carbonyl (C=O) groups excluding carboxylic acids is 1. The van der Waals surface area contributed by atoms with E-state index in [4.69, 9.17) is 11.6 Å². The molecular weight excluding hydrogens is 301 g/mol. The molecule has 20 heavy (non-hydrogen) atoms. The van der Waals surface area contributed by atoms with Crippen molar-refractivity contribution in [3.63, 3.8) is 0 Å². The van der Waals surface area contributed by atoms with Crippen LogP contribution in [0.3, 0.4) is 0 Å². The number of Topliss-reactive ketones (excluding diaryl/α,β-unsaturated/α-hetero) is 1. The minimum atomic E-state index is -0.605. The van der Waals surface area contributed by atoms with Gasteiger partial charge in [-0.3, -0.25) is 4.79 Å². The van der Waals surface area contributed by atoms with Crippen molar-refractivity contribution in [3.05, 3.63) is 33.9 Å². The number of aromatic nitrogens is 1. The molecule has 2 N–H and O–H groups in total. The van der Waals surface area contributed by atoms with E-state index in [0.717, 1.165) is 0 Å². The lowest BCUT2D eigenvalue weighted by molar-refractivity contribution is 0.0943. The molecule has 0 atom stereocenters. The molecule has 104 valence electrons. The summed E-state index contributed by atoms with van der Waals surface area (Å²) in [5.74, 6) is 0.133. The van der Waals surface area contributed by atoms with Gasteiger partial charge in [-0.15, -0.1) is 0 Å². The third-order valence-electron chi connectivity index (χ3n) is 3.00. The van der Waals surface area contributed by atoms with Crippen LogP contribution in [-0.4, -0.2) is 16.3 Å². The number of anilines is 3. The minimum Gasteiger partial charge on any atom is -0.356 e. The Morgan fingerprint density at radius 1 is 1.45 bits per heavy atom. The molecule has 1 aliphatic heterocycles. The molecule has 1 aliphatic rings. The molecule has 7 heteroatoms. The van der Waals surface area contributed by atoms with E-state index in [1.165, 1.54) is 23.5 Å². The van der Waals surface area contributed by atoms with Gasteiger partial charge in [0.2, 0.25) is 5.78 Å². The number of carbonyl (C=O) groups is 1. The van der Waals surface area contributed by atoms with Crippen LogP contribution in [0.5, 0.6) is 0 Å². The fraction of sp³-hybridized carbons (Fsp3) is 0.231. The van der Waals surface area contributed by atoms with Crippen molar-refractivity contribution in [2.75, 3.05) is 10.6 Å². The predicted molar refractivity (Wildman–Crippen MR) is 78.8 cm³/mol. The molecule has 3 rings (SSSR count). The summed E-state index contributed by atoms with van der Waals surface area (Å²) in [5, 5.41) is 6.69. The topological polar surface area (TPSA) is 54.0 Å². The van der Waals surface area contributed by atoms with E-state index in [9.17, 15) is 9.18 Å². The van der Waals surface area contributed by atoms with Crippen molar-refractivity contribution in [2.45, 2.75) is 19.4 Å². The Balaban J connectivity index is 1.86. The van der Waals surface area contributed by atoms with E-state index < -0.39 is 11.4 Å². The monoisotopic (exact) mass is 311 g/mol. The predicted octanol–water partition coefficient (Wildman–Crippen LogP) is 4.07. The smallest absolute Gasteiger partial charge is 0.201 e. The lowest BCUT2D eigenvalue weighted by Crippen LogP contribution is -2.33. The van der Waals surface area contributed by atoms with Crippen LogP contribution in [0.4, 0.5) is 21.0 Å². The largest absolute Gasteiger partial charge is 0.356 e. The van der Waals surface area contributed by atoms with Crippen LogP contribution >= 0.6 is 22.9 Å². The highest BCUT2D eigenvalue weighted by atomic mass is 35.5. The van der Waals surface area contributed by atoms with Crippen LogP contribution in [-0.2, 0) is 0 Å². The van der Waals surface area contributed by atoms with Crippen LogP contribution in [0.25, 0.3) is 0 Å². The summed E-state index contributed by atoms with van der Waals surface area (Å²) in [4.78, 5) is 17.0. The molecule has 0 fully saturated rings. The molecule has 0 bridgehead atoms. The lowest BCUT2D eigenvalue weighted by Gasteiger charge is -2.16. The van der Waals surface area contributed by atoms with Crippen LogP contribution < -0.4 is 10.6 Å². The number of fused-ring (bicyclic) bond motifs is 1. The highest BCUT2D eigenvalue weighted by Crippen LogP contribution is 2.38. The van der Waals surface area contributed by atoms with Crippen molar-refractivity contribution in [3.8, 4) is 0 Å². The van der Waals surface area contributed by atoms with Crippen molar-refractivity contribution in [1.82, 2.24) is 4.98 Å². The van der Waals surface area contributed by atoms with Gasteiger partial charge in [-0.05, 0) is 32.0 Å². The Bertz CT molecular complexity index is 714. The van der Waals surface area contributed by atoms with Gasteiger partial charge in [0, 0.05) is 5.69 Å². The summed E-state index contributed by atoms with van der Waals surface area (Å²) in [6.07, 6.45) is 0. The molecule has 2 heterocycles. The zero-order valence-electron chi connectivity index (χ0n) is 10.8. The normalized spacial score (nSPS) is 15.9. The molecule has 1 aromatic carbocycles. The maximum Gasteiger partial charge on any atom is 0.201 e. The van der Waals surface area contributed by atoms with E-state index in [0.29, 0.717) is 21.5 Å². The molecule has 0 aliphatic carbocycles. The average molecular weight is 312 g/mol. The van der Waals surface area contributed by atoms with Gasteiger partial charge in [0.05, 0.1) is 10.6 Å². The van der Waals surface area contributed by atoms with Crippen LogP contribution in [0.15, 0.2) is 18.2 Å². The van der Waals surface area contributed by atoms with Gasteiger partial charge in [0.15, 0.2) is 10.9 Å². The van der Waals surface area contributed by atoms with Crippen LogP contribution in [0.1, 0.15) is 23.5 Å². The van der Waals surface area contributed by atoms with E-state index in [1.807, 2.05) is 13.8 Å². The minimum absolute atomic E-state index is 0.0233. The number of nitrogens with zero attached hydrogens (tertiary/aromatic N) is 1. The first kappa shape index (κ1) is 13.3. The Morgan fingerprint density at radius 2 is 2.20 bits per heavy atom. The van der Waals surface area contributed by atoms with Crippen molar-refractivity contribution < 1.29 is 9.18 Å². The van der Waals surface area contributed by atoms with Gasteiger partial charge in [0.1, 0.15) is 10.7 Å². The number of hydrogen-bond donors (Lipinski definition) is 2. The molecule has 0 unspecified atom stereocenters. The maximum atomic E-state index is 13.1. The van der Waals surface area contributed by atoms with Crippen LogP contribution in [0.2, 0.25) is 5.02 Å². The highest BCUT2D eigenvalue weighted by molar-refractivity contribution is 7.18. The number of halogens is 2. The Morgan fingerprint density at radius 3 is 2.85 bits per heavy atom. The Hall–Kier alpha value is -1.66. The third kappa shape index (κ3) is 2.14. The quantitative estimate of drug-likeness (QED) is 0.878. The number of benzene rings is 1. The molecule has 0 spiro atoms. The van der Waals surface area contributed by atoms with Gasteiger partial charge in [-0.2, -0.15) is 0 Å². The Kier molecular flexibility index (Phi) is 2.95. The van der Waals surface area contributed by atoms with Crippen LogP contribution in [0, 0.1) is 5.82 Å². The van der Waals surface area contributed by atoms with Crippen molar-refractivity contribution in [1.29, 1.82) is 0 Å². The Labute approximate surface area is 124 Å². The van der Waals surface area contributed by atoms with Gasteiger partial charge >= 0.3 is 0 Å². The summed E-state index contributed by atoms with van der Waals surface area (Å²) in [6, 6.07) is 4.31. The molecule has 2 aromatic rings. The zero-order chi connectivity index (χ0) is 14.5. The molecule has 0 saturated heterocycles. The second kappa shape index (κ2) is 4.43. The average Bonchev–Trinajstić information content (AvgIpc) is 2.82. The summed E-state index contributed by atoms with van der Waals surface area (Å²) in [6.45, 7) is 3.63.